The van der Waals surface area contributed by atoms with Gasteiger partial charge in [0.1, 0.15) is 0 Å². The Morgan fingerprint density at radius 1 is 1.07 bits per heavy atom. The van der Waals surface area contributed by atoms with Gasteiger partial charge < -0.3 is 0 Å². The molecule has 78 valence electrons. The van der Waals surface area contributed by atoms with Crippen molar-refractivity contribution >= 4 is 0 Å². The highest BCUT2D eigenvalue weighted by molar-refractivity contribution is 5.08. The van der Waals surface area contributed by atoms with E-state index >= 15 is 0 Å². The van der Waals surface area contributed by atoms with E-state index in [9.17, 15) is 0 Å². The zero-order valence-corrected chi connectivity index (χ0v) is 9.72. The second-order valence-electron chi connectivity index (χ2n) is 4.90. The van der Waals surface area contributed by atoms with Crippen LogP contribution in [-0.4, -0.2) is 0 Å². The summed E-state index contributed by atoms with van der Waals surface area (Å²) >= 11 is 0. The van der Waals surface area contributed by atoms with Gasteiger partial charge in [0.2, 0.25) is 0 Å². The molecule has 0 aromatic rings. The molecule has 0 nitrogen and oxygen atoms in total. The standard InChI is InChI=1S/C14H22/c1-13-9-5-4-7-11-14(2,3)12-8-6-10-13/h6-9,11H,4-5,10,12H2,1-3H3. The fourth-order valence-electron chi connectivity index (χ4n) is 1.64. The summed E-state index contributed by atoms with van der Waals surface area (Å²) in [6.07, 6.45) is 16.3. The Labute approximate surface area is 88.4 Å². The molecule has 0 bridgehead atoms. The average molecular weight is 190 g/mol. The molecule has 0 aromatic heterocycles. The van der Waals surface area contributed by atoms with Crippen LogP contribution >= 0.6 is 0 Å². The summed E-state index contributed by atoms with van der Waals surface area (Å²) in [4.78, 5) is 0. The highest BCUT2D eigenvalue weighted by Gasteiger charge is 2.10. The third-order valence-corrected chi connectivity index (χ3v) is 2.65. The first kappa shape index (κ1) is 11.3. The topological polar surface area (TPSA) is 0 Å². The normalized spacial score (nSPS) is 22.6. The van der Waals surface area contributed by atoms with Crippen LogP contribution in [-0.2, 0) is 0 Å². The predicted octanol–water partition coefficient (Wildman–Crippen LogP) is 4.65. The molecule has 0 amide bonds. The van der Waals surface area contributed by atoms with E-state index in [0.717, 1.165) is 12.8 Å². The molecule has 1 aliphatic rings. The molecule has 14 heavy (non-hydrogen) atoms. The van der Waals surface area contributed by atoms with Crippen molar-refractivity contribution < 1.29 is 0 Å². The molecule has 0 heteroatoms. The van der Waals surface area contributed by atoms with Crippen LogP contribution in [0.3, 0.4) is 0 Å². The Balaban J connectivity index is 2.66. The van der Waals surface area contributed by atoms with Crippen molar-refractivity contribution in [3.8, 4) is 0 Å². The van der Waals surface area contributed by atoms with E-state index in [1.807, 2.05) is 0 Å². The zero-order valence-electron chi connectivity index (χ0n) is 9.72. The average Bonchev–Trinajstić information content (AvgIpc) is 2.13. The van der Waals surface area contributed by atoms with Crippen LogP contribution in [0.25, 0.3) is 0 Å². The second-order valence-corrected chi connectivity index (χ2v) is 4.90. The fraction of sp³-hybridized carbons (Fsp3) is 0.571. The maximum absolute atomic E-state index is 2.35. The SMILES string of the molecule is CC1=CCCC=CC(C)(C)CC=CC1. The smallest absolute Gasteiger partial charge is 0.0140 e. The Kier molecular flexibility index (Phi) is 4.19. The van der Waals surface area contributed by atoms with Gasteiger partial charge in [-0.15, -0.1) is 0 Å². The molecule has 1 rings (SSSR count). The molecule has 0 aromatic carbocycles. The third kappa shape index (κ3) is 4.45. The lowest BCUT2D eigenvalue weighted by atomic mass is 9.88. The van der Waals surface area contributed by atoms with Crippen molar-refractivity contribution in [2.45, 2.75) is 46.5 Å². The summed E-state index contributed by atoms with van der Waals surface area (Å²) in [7, 11) is 0. The molecule has 1 aliphatic carbocycles. The lowest BCUT2D eigenvalue weighted by molar-refractivity contribution is 0.487. The molecule has 0 spiro atoms. The van der Waals surface area contributed by atoms with Crippen molar-refractivity contribution in [2.24, 2.45) is 5.41 Å². The summed E-state index contributed by atoms with van der Waals surface area (Å²) < 4.78 is 0. The van der Waals surface area contributed by atoms with E-state index < -0.39 is 0 Å². The van der Waals surface area contributed by atoms with Gasteiger partial charge in [0.25, 0.3) is 0 Å². The number of rotatable bonds is 0. The van der Waals surface area contributed by atoms with E-state index in [0.29, 0.717) is 5.41 Å². The first-order valence-electron chi connectivity index (χ1n) is 5.58. The molecule has 0 saturated heterocycles. The molecule has 0 atom stereocenters. The van der Waals surface area contributed by atoms with Gasteiger partial charge in [0.05, 0.1) is 0 Å². The molecule has 0 aliphatic heterocycles. The quantitative estimate of drug-likeness (QED) is 0.488. The fourth-order valence-corrected chi connectivity index (χ4v) is 1.64. The minimum Gasteiger partial charge on any atom is -0.0877 e. The molecule has 0 saturated carbocycles. The van der Waals surface area contributed by atoms with Gasteiger partial charge >= 0.3 is 0 Å². The van der Waals surface area contributed by atoms with Crippen LogP contribution in [0.4, 0.5) is 0 Å². The summed E-state index contributed by atoms with van der Waals surface area (Å²) in [6.45, 7) is 6.81. The van der Waals surface area contributed by atoms with Crippen LogP contribution < -0.4 is 0 Å². The van der Waals surface area contributed by atoms with Gasteiger partial charge in [-0.3, -0.25) is 0 Å². The summed E-state index contributed by atoms with van der Waals surface area (Å²) in [5.41, 5.74) is 1.82. The van der Waals surface area contributed by atoms with Crippen LogP contribution in [0.1, 0.15) is 46.5 Å². The lowest BCUT2D eigenvalue weighted by Gasteiger charge is -2.17. The first-order valence-corrected chi connectivity index (χ1v) is 5.58. The Morgan fingerprint density at radius 2 is 1.86 bits per heavy atom. The van der Waals surface area contributed by atoms with Crippen LogP contribution in [0.2, 0.25) is 0 Å². The molecule has 0 fully saturated rings. The lowest BCUT2D eigenvalue weighted by Crippen LogP contribution is -2.04. The van der Waals surface area contributed by atoms with E-state index in [-0.39, 0.29) is 0 Å². The van der Waals surface area contributed by atoms with Crippen molar-refractivity contribution in [1.29, 1.82) is 0 Å². The van der Waals surface area contributed by atoms with Gasteiger partial charge in [0.15, 0.2) is 0 Å². The molecular weight excluding hydrogens is 168 g/mol. The van der Waals surface area contributed by atoms with Crippen LogP contribution in [0, 0.1) is 5.41 Å². The highest BCUT2D eigenvalue weighted by Crippen LogP contribution is 2.24. The summed E-state index contributed by atoms with van der Waals surface area (Å²) in [6, 6.07) is 0. The predicted molar refractivity (Wildman–Crippen MR) is 64.3 cm³/mol. The Bertz CT molecular complexity index is 251. The number of hydrogen-bond acceptors (Lipinski definition) is 0. The largest absolute Gasteiger partial charge is 0.0877 e. The van der Waals surface area contributed by atoms with E-state index in [4.69, 9.17) is 0 Å². The van der Waals surface area contributed by atoms with Gasteiger partial charge in [-0.05, 0) is 38.0 Å². The van der Waals surface area contributed by atoms with Crippen molar-refractivity contribution in [3.05, 3.63) is 36.0 Å². The van der Waals surface area contributed by atoms with Gasteiger partial charge in [-0.2, -0.15) is 0 Å². The molecule has 0 heterocycles. The monoisotopic (exact) mass is 190 g/mol. The van der Waals surface area contributed by atoms with Gasteiger partial charge in [-0.1, -0.05) is 49.8 Å². The molecule has 0 radical (unpaired) electrons. The minimum atomic E-state index is 0.328. The molecule has 0 unspecified atom stereocenters. The maximum atomic E-state index is 2.35. The zero-order chi connectivity index (χ0) is 10.4. The van der Waals surface area contributed by atoms with Crippen molar-refractivity contribution in [2.75, 3.05) is 0 Å². The van der Waals surface area contributed by atoms with E-state index in [1.165, 1.54) is 18.4 Å². The minimum absolute atomic E-state index is 0.328. The Morgan fingerprint density at radius 3 is 2.64 bits per heavy atom. The summed E-state index contributed by atoms with van der Waals surface area (Å²) in [5.74, 6) is 0. The summed E-state index contributed by atoms with van der Waals surface area (Å²) in [5, 5.41) is 0. The second kappa shape index (κ2) is 5.19. The number of allylic oxidation sites excluding steroid dienone is 6. The molecular formula is C14H22. The third-order valence-electron chi connectivity index (χ3n) is 2.65. The number of hydrogen-bond donors (Lipinski definition) is 0. The van der Waals surface area contributed by atoms with E-state index in [1.54, 1.807) is 0 Å². The highest BCUT2D eigenvalue weighted by atomic mass is 14.2. The van der Waals surface area contributed by atoms with Crippen LogP contribution in [0.5, 0.6) is 0 Å². The van der Waals surface area contributed by atoms with Gasteiger partial charge in [-0.25, -0.2) is 0 Å². The Hall–Kier alpha value is -0.780. The van der Waals surface area contributed by atoms with Gasteiger partial charge in [0, 0.05) is 0 Å². The van der Waals surface area contributed by atoms with Crippen molar-refractivity contribution in [1.82, 2.24) is 0 Å². The van der Waals surface area contributed by atoms with Crippen LogP contribution in [0.15, 0.2) is 36.0 Å². The molecule has 0 N–H and O–H groups in total. The van der Waals surface area contributed by atoms with Crippen molar-refractivity contribution in [3.63, 3.8) is 0 Å². The maximum Gasteiger partial charge on any atom is -0.0140 e. The first-order chi connectivity index (χ1) is 6.60. The van der Waals surface area contributed by atoms with E-state index in [2.05, 4.69) is 51.2 Å².